The van der Waals surface area contributed by atoms with Gasteiger partial charge in [0.05, 0.1) is 30.3 Å². The van der Waals surface area contributed by atoms with E-state index < -0.39 is 5.91 Å². The largest absolute Gasteiger partial charge is 0.495 e. The van der Waals surface area contributed by atoms with Crippen LogP contribution in [0.2, 0.25) is 5.02 Å². The van der Waals surface area contributed by atoms with E-state index in [4.69, 9.17) is 21.1 Å². The Hall–Kier alpha value is -3.06. The van der Waals surface area contributed by atoms with Gasteiger partial charge in [0.25, 0.3) is 11.5 Å². The lowest BCUT2D eigenvalue weighted by atomic mass is 10.1. The molecule has 1 heterocycles. The Kier molecular flexibility index (Phi) is 6.39. The van der Waals surface area contributed by atoms with Gasteiger partial charge in [-0.05, 0) is 12.5 Å². The topological polar surface area (TPSA) is 82.5 Å². The maximum Gasteiger partial charge on any atom is 0.276 e. The van der Waals surface area contributed by atoms with Gasteiger partial charge in [0, 0.05) is 24.1 Å². The van der Waals surface area contributed by atoms with Crippen molar-refractivity contribution in [1.29, 1.82) is 0 Å². The molecule has 0 aliphatic rings. The molecule has 1 N–H and O–H groups in total. The summed E-state index contributed by atoms with van der Waals surface area (Å²) in [6, 6.07) is 10.1. The molecule has 0 aliphatic heterocycles. The van der Waals surface area contributed by atoms with Gasteiger partial charge in [0.1, 0.15) is 11.5 Å². The maximum atomic E-state index is 13.1. The molecule has 0 saturated heterocycles. The van der Waals surface area contributed by atoms with Crippen LogP contribution in [0.25, 0.3) is 10.8 Å². The summed E-state index contributed by atoms with van der Waals surface area (Å²) in [6.45, 7) is 2.47. The molecule has 3 rings (SSSR count). The quantitative estimate of drug-likeness (QED) is 0.627. The number of nitrogens with zero attached hydrogens (tertiary/aromatic N) is 2. The van der Waals surface area contributed by atoms with Gasteiger partial charge in [-0.15, -0.1) is 0 Å². The van der Waals surface area contributed by atoms with E-state index in [1.54, 1.807) is 36.4 Å². The minimum absolute atomic E-state index is 0.160. The highest BCUT2D eigenvalue weighted by Gasteiger charge is 2.19. The highest BCUT2D eigenvalue weighted by Crippen LogP contribution is 2.36. The van der Waals surface area contributed by atoms with Crippen LogP contribution in [0, 0.1) is 0 Å². The third-order valence-electron chi connectivity index (χ3n) is 4.53. The molecule has 2 aromatic carbocycles. The van der Waals surface area contributed by atoms with Gasteiger partial charge in [0.2, 0.25) is 0 Å². The molecule has 0 spiro atoms. The van der Waals surface area contributed by atoms with Crippen molar-refractivity contribution in [2.75, 3.05) is 19.5 Å². The van der Waals surface area contributed by atoms with E-state index in [2.05, 4.69) is 10.4 Å². The summed E-state index contributed by atoms with van der Waals surface area (Å²) in [5.74, 6) is 0.315. The predicted molar refractivity (Wildman–Crippen MR) is 113 cm³/mol. The van der Waals surface area contributed by atoms with Crippen LogP contribution in [0.3, 0.4) is 0 Å². The number of ether oxygens (including phenoxy) is 2. The molecule has 0 aliphatic carbocycles. The van der Waals surface area contributed by atoms with Crippen molar-refractivity contribution < 1.29 is 14.3 Å². The second-order valence-electron chi connectivity index (χ2n) is 6.42. The number of hydrogen-bond donors (Lipinski definition) is 1. The second-order valence-corrected chi connectivity index (χ2v) is 6.82. The van der Waals surface area contributed by atoms with E-state index in [0.717, 1.165) is 12.8 Å². The number of aryl methyl sites for hydroxylation is 1. The number of halogens is 1. The van der Waals surface area contributed by atoms with E-state index in [1.807, 2.05) is 6.92 Å². The van der Waals surface area contributed by atoms with Gasteiger partial charge in [-0.1, -0.05) is 43.1 Å². The van der Waals surface area contributed by atoms with Crippen LogP contribution >= 0.6 is 11.6 Å². The summed E-state index contributed by atoms with van der Waals surface area (Å²) in [5, 5.41) is 8.44. The van der Waals surface area contributed by atoms with Crippen molar-refractivity contribution in [2.24, 2.45) is 0 Å². The van der Waals surface area contributed by atoms with Gasteiger partial charge in [-0.2, -0.15) is 5.10 Å². The number of hydrogen-bond acceptors (Lipinski definition) is 5. The van der Waals surface area contributed by atoms with E-state index in [9.17, 15) is 9.59 Å². The molecule has 1 amide bonds. The van der Waals surface area contributed by atoms with Crippen LogP contribution in [-0.2, 0) is 6.54 Å². The molecule has 152 valence electrons. The SMILES string of the molecule is CCCCn1nc(C(=O)Nc2cc(OC)c(Cl)cc2OC)c2ccccc2c1=O. The van der Waals surface area contributed by atoms with Gasteiger partial charge in [-0.25, -0.2) is 4.68 Å². The standard InChI is InChI=1S/C21H22ClN3O4/c1-4-5-10-25-21(27)14-9-7-6-8-13(14)19(24-25)20(26)23-16-12-17(28-2)15(22)11-18(16)29-3/h6-9,11-12H,4-5,10H2,1-3H3,(H,23,26). The second kappa shape index (κ2) is 8.96. The van der Waals surface area contributed by atoms with E-state index in [-0.39, 0.29) is 11.3 Å². The number of anilines is 1. The van der Waals surface area contributed by atoms with Crippen LogP contribution in [-0.4, -0.2) is 29.9 Å². The fourth-order valence-corrected chi connectivity index (χ4v) is 3.23. The number of aromatic nitrogens is 2. The zero-order valence-electron chi connectivity index (χ0n) is 16.5. The molecule has 29 heavy (non-hydrogen) atoms. The lowest BCUT2D eigenvalue weighted by Gasteiger charge is -2.14. The lowest BCUT2D eigenvalue weighted by Crippen LogP contribution is -2.27. The van der Waals surface area contributed by atoms with Crippen LogP contribution < -0.4 is 20.3 Å². The molecule has 3 aromatic rings. The molecule has 7 nitrogen and oxygen atoms in total. The third-order valence-corrected chi connectivity index (χ3v) is 4.82. The number of carbonyl (C=O) groups excluding carboxylic acids is 1. The van der Waals surface area contributed by atoms with Gasteiger partial charge in [-0.3, -0.25) is 9.59 Å². The summed E-state index contributed by atoms with van der Waals surface area (Å²) in [5.41, 5.74) is 0.333. The van der Waals surface area contributed by atoms with E-state index >= 15 is 0 Å². The molecule has 1 aromatic heterocycles. The van der Waals surface area contributed by atoms with Crippen LogP contribution in [0.15, 0.2) is 41.2 Å². The molecule has 0 fully saturated rings. The van der Waals surface area contributed by atoms with Crippen LogP contribution in [0.4, 0.5) is 5.69 Å². The molecule has 0 bridgehead atoms. The Bertz CT molecular complexity index is 1110. The van der Waals surface area contributed by atoms with Crippen molar-refractivity contribution in [3.05, 3.63) is 57.5 Å². The number of amides is 1. The highest BCUT2D eigenvalue weighted by molar-refractivity contribution is 6.32. The number of fused-ring (bicyclic) bond motifs is 1. The predicted octanol–water partition coefficient (Wildman–Crippen LogP) is 4.12. The number of rotatable bonds is 7. The molecule has 8 heteroatoms. The Balaban J connectivity index is 2.08. The minimum Gasteiger partial charge on any atom is -0.495 e. The summed E-state index contributed by atoms with van der Waals surface area (Å²) >= 11 is 6.13. The zero-order valence-corrected chi connectivity index (χ0v) is 17.2. The third kappa shape index (κ3) is 4.19. The van der Waals surface area contributed by atoms with E-state index in [0.29, 0.717) is 39.5 Å². The number of nitrogens with one attached hydrogen (secondary N) is 1. The van der Waals surface area contributed by atoms with Crippen molar-refractivity contribution in [3.63, 3.8) is 0 Å². The summed E-state index contributed by atoms with van der Waals surface area (Å²) in [4.78, 5) is 25.8. The van der Waals surface area contributed by atoms with Gasteiger partial charge in [0.15, 0.2) is 5.69 Å². The van der Waals surface area contributed by atoms with Crippen molar-refractivity contribution in [1.82, 2.24) is 9.78 Å². The monoisotopic (exact) mass is 415 g/mol. The molecule has 0 atom stereocenters. The fraction of sp³-hybridized carbons (Fsp3) is 0.286. The summed E-state index contributed by atoms with van der Waals surface area (Å²) in [6.07, 6.45) is 1.69. The average Bonchev–Trinajstić information content (AvgIpc) is 2.74. The number of carbonyl (C=O) groups is 1. The highest BCUT2D eigenvalue weighted by atomic mass is 35.5. The van der Waals surface area contributed by atoms with E-state index in [1.165, 1.54) is 18.9 Å². The first-order valence-electron chi connectivity index (χ1n) is 9.22. The number of benzene rings is 2. The van der Waals surface area contributed by atoms with Crippen molar-refractivity contribution in [2.45, 2.75) is 26.3 Å². The zero-order chi connectivity index (χ0) is 21.0. The number of unbranched alkanes of at least 4 members (excludes halogenated alkanes) is 1. The molecule has 0 radical (unpaired) electrons. The normalized spacial score (nSPS) is 10.8. The Morgan fingerprint density at radius 3 is 2.48 bits per heavy atom. The fourth-order valence-electron chi connectivity index (χ4n) is 3.00. The van der Waals surface area contributed by atoms with Crippen LogP contribution in [0.1, 0.15) is 30.3 Å². The van der Waals surface area contributed by atoms with Crippen LogP contribution in [0.5, 0.6) is 11.5 Å². The first-order chi connectivity index (χ1) is 14.0. The molecule has 0 unspecified atom stereocenters. The van der Waals surface area contributed by atoms with Gasteiger partial charge < -0.3 is 14.8 Å². The van der Waals surface area contributed by atoms with Crippen molar-refractivity contribution >= 4 is 34.0 Å². The first kappa shape index (κ1) is 20.7. The smallest absolute Gasteiger partial charge is 0.276 e. The van der Waals surface area contributed by atoms with Crippen molar-refractivity contribution in [3.8, 4) is 11.5 Å². The summed E-state index contributed by atoms with van der Waals surface area (Å²) in [7, 11) is 2.96. The average molecular weight is 416 g/mol. The summed E-state index contributed by atoms with van der Waals surface area (Å²) < 4.78 is 11.9. The molecular formula is C21H22ClN3O4. The Morgan fingerprint density at radius 1 is 1.14 bits per heavy atom. The minimum atomic E-state index is -0.464. The molecule has 0 saturated carbocycles. The number of methoxy groups -OCH3 is 2. The Labute approximate surface area is 173 Å². The Morgan fingerprint density at radius 2 is 1.83 bits per heavy atom. The van der Waals surface area contributed by atoms with Gasteiger partial charge >= 0.3 is 0 Å². The maximum absolute atomic E-state index is 13.1. The lowest BCUT2D eigenvalue weighted by molar-refractivity contribution is 0.102. The molecular weight excluding hydrogens is 394 g/mol. The first-order valence-corrected chi connectivity index (χ1v) is 9.60.